The van der Waals surface area contributed by atoms with Gasteiger partial charge >= 0.3 is 0 Å². The molecule has 6 heteroatoms. The average molecular weight is 251 g/mol. The molecule has 0 aliphatic carbocycles. The number of nitrogens with one attached hydrogen (secondary N) is 1. The fourth-order valence-corrected chi connectivity index (χ4v) is 2.14. The monoisotopic (exact) mass is 251 g/mol. The molecule has 0 saturated carbocycles. The van der Waals surface area contributed by atoms with Gasteiger partial charge in [0.15, 0.2) is 0 Å². The molecule has 2 amide bonds. The summed E-state index contributed by atoms with van der Waals surface area (Å²) >= 11 is 0. The Bertz CT molecular complexity index is 450. The maximum absolute atomic E-state index is 11.7. The van der Waals surface area contributed by atoms with Gasteiger partial charge in [0.05, 0.1) is 30.3 Å². The number of amides is 2. The Labute approximate surface area is 104 Å². The summed E-state index contributed by atoms with van der Waals surface area (Å²) in [5, 5.41) is 20.7. The topological polar surface area (TPSA) is 95.9 Å². The van der Waals surface area contributed by atoms with Crippen LogP contribution in [0.2, 0.25) is 0 Å². The van der Waals surface area contributed by atoms with E-state index >= 15 is 0 Å². The molecule has 1 unspecified atom stereocenters. The second-order valence-electron chi connectivity index (χ2n) is 4.27. The summed E-state index contributed by atoms with van der Waals surface area (Å²) in [7, 11) is 0. The molecule has 3 N–H and O–H groups in total. The second-order valence-corrected chi connectivity index (χ2v) is 4.27. The molecule has 1 saturated heterocycles. The number of hydrogen-bond donors (Lipinski definition) is 3. The minimum absolute atomic E-state index is 0.0742. The third-order valence-electron chi connectivity index (χ3n) is 3.12. The van der Waals surface area contributed by atoms with Crippen molar-refractivity contribution < 1.29 is 24.5 Å². The van der Waals surface area contributed by atoms with E-state index < -0.39 is 36.0 Å². The molecule has 0 radical (unpaired) electrons. The van der Waals surface area contributed by atoms with Crippen LogP contribution in [0.5, 0.6) is 0 Å². The first kappa shape index (κ1) is 12.8. The summed E-state index contributed by atoms with van der Waals surface area (Å²) in [6, 6.07) is 0. The minimum Gasteiger partial charge on any atom is -0.394 e. The van der Waals surface area contributed by atoms with E-state index in [4.69, 9.17) is 16.3 Å². The summed E-state index contributed by atoms with van der Waals surface area (Å²) < 4.78 is 5.38. The van der Waals surface area contributed by atoms with Gasteiger partial charge in [0.1, 0.15) is 6.10 Å². The van der Waals surface area contributed by atoms with Gasteiger partial charge in [-0.15, -0.1) is 6.42 Å². The fourth-order valence-electron chi connectivity index (χ4n) is 2.14. The van der Waals surface area contributed by atoms with Gasteiger partial charge in [-0.1, -0.05) is 5.92 Å². The van der Waals surface area contributed by atoms with Crippen LogP contribution in [0.1, 0.15) is 6.42 Å². The van der Waals surface area contributed by atoms with Crippen LogP contribution in [0, 0.1) is 18.3 Å². The highest BCUT2D eigenvalue weighted by atomic mass is 16.5. The minimum atomic E-state index is -0.826. The van der Waals surface area contributed by atoms with Gasteiger partial charge in [-0.2, -0.15) is 0 Å². The molecule has 96 valence electrons. The van der Waals surface area contributed by atoms with E-state index in [1.807, 2.05) is 0 Å². The lowest BCUT2D eigenvalue weighted by Gasteiger charge is -2.23. The van der Waals surface area contributed by atoms with Crippen LogP contribution in [0.25, 0.3) is 0 Å². The summed E-state index contributed by atoms with van der Waals surface area (Å²) in [5.74, 6) is 0.365. The van der Waals surface area contributed by atoms with Crippen LogP contribution in [-0.4, -0.2) is 46.9 Å². The van der Waals surface area contributed by atoms with Crippen LogP contribution in [0.4, 0.5) is 0 Å². The number of rotatable bonds is 2. The van der Waals surface area contributed by atoms with Crippen LogP contribution in [0.15, 0.2) is 11.6 Å². The molecule has 2 aliphatic rings. The predicted octanol–water partition coefficient (Wildman–Crippen LogP) is -1.67. The standard InChI is InChI=1S/C12H13NO5/c1-2-6-3-7(12(17)13-11(6)16)9-4-8(15)10(5-14)18-9/h1,3,7-10,14-15H,4-5H2,(H,13,16,17)/t7?,8-,9+,10+/m0/s1. The molecular weight excluding hydrogens is 238 g/mol. The van der Waals surface area contributed by atoms with Crippen molar-refractivity contribution in [3.8, 4) is 12.3 Å². The quantitative estimate of drug-likeness (QED) is 0.403. The summed E-state index contributed by atoms with van der Waals surface area (Å²) in [5.41, 5.74) is 0.0742. The number of carbonyl (C=O) groups excluding carboxylic acids is 2. The van der Waals surface area contributed by atoms with Crippen molar-refractivity contribution in [3.63, 3.8) is 0 Å². The molecule has 6 nitrogen and oxygen atoms in total. The van der Waals surface area contributed by atoms with E-state index in [0.29, 0.717) is 0 Å². The summed E-state index contributed by atoms with van der Waals surface area (Å²) in [6.45, 7) is -0.323. The van der Waals surface area contributed by atoms with Crippen LogP contribution in [0.3, 0.4) is 0 Å². The number of imide groups is 1. The van der Waals surface area contributed by atoms with Gasteiger partial charge in [0.2, 0.25) is 5.91 Å². The Kier molecular flexibility index (Phi) is 3.48. The predicted molar refractivity (Wildman–Crippen MR) is 59.9 cm³/mol. The third-order valence-corrected chi connectivity index (χ3v) is 3.12. The Morgan fingerprint density at radius 3 is 2.83 bits per heavy atom. The Morgan fingerprint density at radius 2 is 2.28 bits per heavy atom. The SMILES string of the molecule is C#CC1=CC([C@H]2C[C@H](O)[C@@H](CO)O2)C(=O)NC1=O. The van der Waals surface area contributed by atoms with Crippen molar-refractivity contribution in [2.75, 3.05) is 6.61 Å². The van der Waals surface area contributed by atoms with Gasteiger partial charge in [-0.25, -0.2) is 0 Å². The van der Waals surface area contributed by atoms with Crippen molar-refractivity contribution >= 4 is 11.8 Å². The zero-order chi connectivity index (χ0) is 13.3. The van der Waals surface area contributed by atoms with Gasteiger partial charge < -0.3 is 14.9 Å². The normalized spacial score (nSPS) is 35.9. The highest BCUT2D eigenvalue weighted by Gasteiger charge is 2.42. The molecule has 0 bridgehead atoms. The lowest BCUT2D eigenvalue weighted by Crippen LogP contribution is -2.44. The first-order chi connectivity index (χ1) is 8.56. The Morgan fingerprint density at radius 1 is 1.56 bits per heavy atom. The molecule has 0 spiro atoms. The first-order valence-electron chi connectivity index (χ1n) is 5.54. The molecule has 2 aliphatic heterocycles. The van der Waals surface area contributed by atoms with E-state index in [2.05, 4.69) is 11.2 Å². The number of carbonyl (C=O) groups is 2. The van der Waals surface area contributed by atoms with E-state index in [9.17, 15) is 14.7 Å². The van der Waals surface area contributed by atoms with E-state index in [1.54, 1.807) is 0 Å². The third kappa shape index (κ3) is 2.16. The van der Waals surface area contributed by atoms with Crippen molar-refractivity contribution in [1.29, 1.82) is 0 Å². The number of ether oxygens (including phenoxy) is 1. The molecule has 0 aromatic heterocycles. The van der Waals surface area contributed by atoms with Crippen molar-refractivity contribution in [1.82, 2.24) is 5.32 Å². The molecule has 0 aromatic carbocycles. The highest BCUT2D eigenvalue weighted by molar-refractivity contribution is 6.10. The molecule has 0 aromatic rings. The van der Waals surface area contributed by atoms with E-state index in [-0.39, 0.29) is 18.6 Å². The first-order valence-corrected chi connectivity index (χ1v) is 5.54. The maximum atomic E-state index is 11.7. The van der Waals surface area contributed by atoms with Crippen LogP contribution < -0.4 is 5.32 Å². The Hall–Kier alpha value is -1.68. The van der Waals surface area contributed by atoms with Gasteiger partial charge in [-0.05, 0) is 6.08 Å². The molecular formula is C12H13NO5. The van der Waals surface area contributed by atoms with Gasteiger partial charge in [-0.3, -0.25) is 14.9 Å². The van der Waals surface area contributed by atoms with Gasteiger partial charge in [0.25, 0.3) is 5.91 Å². The highest BCUT2D eigenvalue weighted by Crippen LogP contribution is 2.28. The average Bonchev–Trinajstić information content (AvgIpc) is 2.70. The van der Waals surface area contributed by atoms with Crippen molar-refractivity contribution in [3.05, 3.63) is 11.6 Å². The molecule has 18 heavy (non-hydrogen) atoms. The van der Waals surface area contributed by atoms with Crippen LogP contribution >= 0.6 is 0 Å². The van der Waals surface area contributed by atoms with E-state index in [1.165, 1.54) is 6.08 Å². The lowest BCUT2D eigenvalue weighted by atomic mass is 9.92. The number of terminal acetylenes is 1. The zero-order valence-electron chi connectivity index (χ0n) is 9.50. The second kappa shape index (κ2) is 4.90. The Balaban J connectivity index is 2.19. The number of aliphatic hydroxyl groups is 2. The maximum Gasteiger partial charge on any atom is 0.266 e. The fraction of sp³-hybridized carbons (Fsp3) is 0.500. The number of hydrogen-bond acceptors (Lipinski definition) is 5. The molecule has 1 fully saturated rings. The molecule has 2 heterocycles. The largest absolute Gasteiger partial charge is 0.394 e. The summed E-state index contributed by atoms with van der Waals surface area (Å²) in [4.78, 5) is 23.0. The van der Waals surface area contributed by atoms with Crippen LogP contribution in [-0.2, 0) is 14.3 Å². The smallest absolute Gasteiger partial charge is 0.266 e. The lowest BCUT2D eigenvalue weighted by molar-refractivity contribution is -0.134. The number of aliphatic hydroxyl groups excluding tert-OH is 2. The molecule has 4 atom stereocenters. The van der Waals surface area contributed by atoms with E-state index in [0.717, 1.165) is 0 Å². The van der Waals surface area contributed by atoms with Crippen molar-refractivity contribution in [2.45, 2.75) is 24.7 Å². The van der Waals surface area contributed by atoms with Gasteiger partial charge in [0, 0.05) is 6.42 Å². The molecule has 2 rings (SSSR count). The zero-order valence-corrected chi connectivity index (χ0v) is 9.50. The summed E-state index contributed by atoms with van der Waals surface area (Å²) in [6.07, 6.45) is 4.63. The van der Waals surface area contributed by atoms with Crippen molar-refractivity contribution in [2.24, 2.45) is 5.92 Å².